The lowest BCUT2D eigenvalue weighted by molar-refractivity contribution is 0.0370. The van der Waals surface area contributed by atoms with Crippen LogP contribution in [0.15, 0.2) is 12.1 Å². The third kappa shape index (κ3) is 4.29. The highest BCUT2D eigenvalue weighted by atomic mass is 16.5. The maximum Gasteiger partial charge on any atom is 0.164 e. The number of ketones is 1. The van der Waals surface area contributed by atoms with E-state index in [2.05, 4.69) is 4.90 Å². The molecule has 0 unspecified atom stereocenters. The van der Waals surface area contributed by atoms with Crippen LogP contribution < -0.4 is 4.74 Å². The number of rotatable bonds is 6. The van der Waals surface area contributed by atoms with E-state index in [1.165, 1.54) is 0 Å². The van der Waals surface area contributed by atoms with Crippen LogP contribution >= 0.6 is 0 Å². The second-order valence-corrected chi connectivity index (χ2v) is 5.49. The van der Waals surface area contributed by atoms with Crippen molar-refractivity contribution in [2.45, 2.75) is 27.2 Å². The molecule has 116 valence electrons. The minimum atomic E-state index is 0.213. The lowest BCUT2D eigenvalue weighted by atomic mass is 9.99. The molecule has 1 aromatic carbocycles. The van der Waals surface area contributed by atoms with Crippen LogP contribution in [0.2, 0.25) is 0 Å². The summed E-state index contributed by atoms with van der Waals surface area (Å²) < 4.78 is 10.9. The largest absolute Gasteiger partial charge is 0.494 e. The van der Waals surface area contributed by atoms with Gasteiger partial charge < -0.3 is 9.47 Å². The fourth-order valence-corrected chi connectivity index (χ4v) is 2.62. The number of aryl methyl sites for hydroxylation is 2. The molecule has 2 rings (SSSR count). The average Bonchev–Trinajstić information content (AvgIpc) is 2.49. The Bertz CT molecular complexity index is 493. The minimum Gasteiger partial charge on any atom is -0.494 e. The summed E-state index contributed by atoms with van der Waals surface area (Å²) in [6, 6.07) is 3.93. The molecule has 4 heteroatoms. The van der Waals surface area contributed by atoms with Crippen LogP contribution in [-0.2, 0) is 4.74 Å². The number of ether oxygens (including phenoxy) is 2. The van der Waals surface area contributed by atoms with E-state index in [9.17, 15) is 4.79 Å². The van der Waals surface area contributed by atoms with E-state index in [-0.39, 0.29) is 5.78 Å². The zero-order chi connectivity index (χ0) is 15.2. The fraction of sp³-hybridized carbons (Fsp3) is 0.588. The van der Waals surface area contributed by atoms with Crippen molar-refractivity contribution >= 4 is 5.78 Å². The standard InChI is InChI=1S/C17H25NO3/c1-4-21-17-12-13(2)15(11-14(17)3)16(19)5-6-18-7-9-20-10-8-18/h11-12H,4-10H2,1-3H3. The van der Waals surface area contributed by atoms with Crippen molar-refractivity contribution in [3.63, 3.8) is 0 Å². The number of nitrogens with zero attached hydrogens (tertiary/aromatic N) is 1. The van der Waals surface area contributed by atoms with Gasteiger partial charge in [0.15, 0.2) is 5.78 Å². The summed E-state index contributed by atoms with van der Waals surface area (Å²) in [4.78, 5) is 14.7. The molecule has 1 fully saturated rings. The number of benzene rings is 1. The first-order chi connectivity index (χ1) is 10.1. The number of carbonyl (C=O) groups is 1. The second kappa shape index (κ2) is 7.57. The maximum absolute atomic E-state index is 12.4. The maximum atomic E-state index is 12.4. The summed E-state index contributed by atoms with van der Waals surface area (Å²) in [6.07, 6.45) is 0.564. The molecule has 0 radical (unpaired) electrons. The molecule has 0 aliphatic carbocycles. The van der Waals surface area contributed by atoms with Gasteiger partial charge in [0.1, 0.15) is 5.75 Å². The van der Waals surface area contributed by atoms with Crippen LogP contribution in [0.4, 0.5) is 0 Å². The van der Waals surface area contributed by atoms with Gasteiger partial charge in [0, 0.05) is 31.6 Å². The molecule has 0 saturated carbocycles. The minimum absolute atomic E-state index is 0.213. The van der Waals surface area contributed by atoms with Crippen molar-refractivity contribution in [1.29, 1.82) is 0 Å². The Morgan fingerprint density at radius 3 is 2.62 bits per heavy atom. The monoisotopic (exact) mass is 291 g/mol. The van der Waals surface area contributed by atoms with Crippen molar-refractivity contribution in [1.82, 2.24) is 4.90 Å². The first kappa shape index (κ1) is 16.0. The van der Waals surface area contributed by atoms with Crippen molar-refractivity contribution in [3.05, 3.63) is 28.8 Å². The van der Waals surface area contributed by atoms with Gasteiger partial charge >= 0.3 is 0 Å². The predicted molar refractivity (Wildman–Crippen MR) is 83.3 cm³/mol. The topological polar surface area (TPSA) is 38.8 Å². The van der Waals surface area contributed by atoms with Crippen LogP contribution in [0.25, 0.3) is 0 Å². The lowest BCUT2D eigenvalue weighted by Crippen LogP contribution is -2.37. The van der Waals surface area contributed by atoms with E-state index in [1.807, 2.05) is 32.9 Å². The van der Waals surface area contributed by atoms with E-state index in [4.69, 9.17) is 9.47 Å². The van der Waals surface area contributed by atoms with Gasteiger partial charge in [0.25, 0.3) is 0 Å². The Hall–Kier alpha value is -1.39. The normalized spacial score (nSPS) is 16.0. The summed E-state index contributed by atoms with van der Waals surface area (Å²) in [6.45, 7) is 10.8. The lowest BCUT2D eigenvalue weighted by Gasteiger charge is -2.26. The van der Waals surface area contributed by atoms with Gasteiger partial charge in [0.05, 0.1) is 19.8 Å². The highest BCUT2D eigenvalue weighted by Crippen LogP contribution is 2.24. The summed E-state index contributed by atoms with van der Waals surface area (Å²) in [5.41, 5.74) is 2.84. The van der Waals surface area contributed by atoms with Crippen LogP contribution in [0.1, 0.15) is 34.8 Å². The molecule has 1 aliphatic rings. The molecule has 0 spiro atoms. The van der Waals surface area contributed by atoms with Crippen LogP contribution in [-0.4, -0.2) is 50.1 Å². The first-order valence-electron chi connectivity index (χ1n) is 7.69. The number of hydrogen-bond donors (Lipinski definition) is 0. The van der Waals surface area contributed by atoms with Gasteiger partial charge in [-0.2, -0.15) is 0 Å². The van der Waals surface area contributed by atoms with E-state index in [0.717, 1.165) is 55.3 Å². The van der Waals surface area contributed by atoms with Crippen LogP contribution in [0.5, 0.6) is 5.75 Å². The molecule has 1 saturated heterocycles. The molecule has 21 heavy (non-hydrogen) atoms. The van der Waals surface area contributed by atoms with Crippen molar-refractivity contribution in [2.75, 3.05) is 39.5 Å². The predicted octanol–water partition coefficient (Wildman–Crippen LogP) is 2.61. The first-order valence-corrected chi connectivity index (χ1v) is 7.69. The van der Waals surface area contributed by atoms with E-state index < -0.39 is 0 Å². The van der Waals surface area contributed by atoms with E-state index in [0.29, 0.717) is 13.0 Å². The molecule has 0 amide bonds. The van der Waals surface area contributed by atoms with Crippen LogP contribution in [0.3, 0.4) is 0 Å². The number of morpholine rings is 1. The fourth-order valence-electron chi connectivity index (χ4n) is 2.62. The molecule has 1 aliphatic heterocycles. The molecular formula is C17H25NO3. The van der Waals surface area contributed by atoms with E-state index in [1.54, 1.807) is 0 Å². The third-order valence-electron chi connectivity index (χ3n) is 3.88. The van der Waals surface area contributed by atoms with Gasteiger partial charge in [-0.3, -0.25) is 9.69 Å². The molecule has 0 bridgehead atoms. The second-order valence-electron chi connectivity index (χ2n) is 5.49. The smallest absolute Gasteiger partial charge is 0.164 e. The molecular weight excluding hydrogens is 266 g/mol. The summed E-state index contributed by atoms with van der Waals surface area (Å²) >= 11 is 0. The summed E-state index contributed by atoms with van der Waals surface area (Å²) in [7, 11) is 0. The van der Waals surface area contributed by atoms with E-state index >= 15 is 0 Å². The van der Waals surface area contributed by atoms with Gasteiger partial charge in [0.2, 0.25) is 0 Å². The Balaban J connectivity index is 1.99. The molecule has 0 N–H and O–H groups in total. The van der Waals surface area contributed by atoms with Gasteiger partial charge in [-0.25, -0.2) is 0 Å². The van der Waals surface area contributed by atoms with Crippen molar-refractivity contribution < 1.29 is 14.3 Å². The highest BCUT2D eigenvalue weighted by molar-refractivity contribution is 5.98. The molecule has 0 atom stereocenters. The Labute approximate surface area is 127 Å². The molecule has 1 heterocycles. The summed E-state index contributed by atoms with van der Waals surface area (Å²) in [5, 5.41) is 0. The summed E-state index contributed by atoms with van der Waals surface area (Å²) in [5.74, 6) is 1.09. The third-order valence-corrected chi connectivity index (χ3v) is 3.88. The Morgan fingerprint density at radius 1 is 1.24 bits per heavy atom. The van der Waals surface area contributed by atoms with Crippen LogP contribution in [0, 0.1) is 13.8 Å². The average molecular weight is 291 g/mol. The number of carbonyl (C=O) groups excluding carboxylic acids is 1. The van der Waals surface area contributed by atoms with Gasteiger partial charge in [-0.15, -0.1) is 0 Å². The molecule has 0 aromatic heterocycles. The number of hydrogen-bond acceptors (Lipinski definition) is 4. The highest BCUT2D eigenvalue weighted by Gasteiger charge is 2.15. The van der Waals surface area contributed by atoms with Gasteiger partial charge in [-0.05, 0) is 44.0 Å². The van der Waals surface area contributed by atoms with Gasteiger partial charge in [-0.1, -0.05) is 0 Å². The molecule has 1 aromatic rings. The number of Topliss-reactive ketones (excluding diaryl/α,β-unsaturated/α-hetero) is 1. The van der Waals surface area contributed by atoms with Crippen molar-refractivity contribution in [2.24, 2.45) is 0 Å². The van der Waals surface area contributed by atoms with Crippen molar-refractivity contribution in [3.8, 4) is 5.75 Å². The Morgan fingerprint density at radius 2 is 1.95 bits per heavy atom. The Kier molecular flexibility index (Phi) is 5.76. The SMILES string of the molecule is CCOc1cc(C)c(C(=O)CCN2CCOCC2)cc1C. The molecule has 4 nitrogen and oxygen atoms in total. The zero-order valence-corrected chi connectivity index (χ0v) is 13.3. The quantitative estimate of drug-likeness (QED) is 0.755. The zero-order valence-electron chi connectivity index (χ0n) is 13.3.